The van der Waals surface area contributed by atoms with E-state index in [1.54, 1.807) is 0 Å². The van der Waals surface area contributed by atoms with E-state index in [4.69, 9.17) is 5.11 Å². The van der Waals surface area contributed by atoms with Crippen molar-refractivity contribution in [3.8, 4) is 0 Å². The van der Waals surface area contributed by atoms with E-state index in [0.29, 0.717) is 6.29 Å². The number of carbonyl (C=O) groups excluding carboxylic acids is 2. The van der Waals surface area contributed by atoms with Crippen molar-refractivity contribution < 1.29 is 14.7 Å². The van der Waals surface area contributed by atoms with E-state index in [9.17, 15) is 9.59 Å². The minimum absolute atomic E-state index is 0.190. The number of aliphatic hydroxyl groups is 1. The average Bonchev–Trinajstić information content (AvgIpc) is 2.13. The molecule has 1 aliphatic heterocycles. The van der Waals surface area contributed by atoms with Crippen LogP contribution in [0.1, 0.15) is 12.8 Å². The number of hydrogen-bond acceptors (Lipinski definition) is 3. The molecule has 0 bridgehead atoms. The summed E-state index contributed by atoms with van der Waals surface area (Å²) in [5.74, 6) is -0.274. The van der Waals surface area contributed by atoms with Crippen LogP contribution < -0.4 is 5.32 Å². The molecule has 0 aromatic heterocycles. The molecule has 1 atom stereocenters. The molecule has 0 aromatic rings. The van der Waals surface area contributed by atoms with E-state index in [-0.39, 0.29) is 18.7 Å². The zero-order valence-electron chi connectivity index (χ0n) is 4.76. The predicted octanol–water partition coefficient (Wildman–Crippen LogP) is -1.22. The number of hydrogen-bond donors (Lipinski definition) is 2. The fourth-order valence-electron chi connectivity index (χ4n) is 0.759. The summed E-state index contributed by atoms with van der Waals surface area (Å²) in [4.78, 5) is 20.4. The first-order valence-corrected chi connectivity index (χ1v) is 2.66. The highest BCUT2D eigenvalue weighted by Crippen LogP contribution is 2.13. The minimum Gasteiger partial charge on any atom is -0.365 e. The molecule has 1 aliphatic rings. The lowest BCUT2D eigenvalue weighted by Crippen LogP contribution is -2.42. The largest absolute Gasteiger partial charge is 0.365 e. The van der Waals surface area contributed by atoms with Crippen molar-refractivity contribution in [3.63, 3.8) is 0 Å². The van der Waals surface area contributed by atoms with Gasteiger partial charge in [-0.15, -0.1) is 0 Å². The predicted molar refractivity (Wildman–Crippen MR) is 28.4 cm³/mol. The van der Waals surface area contributed by atoms with Gasteiger partial charge in [-0.2, -0.15) is 0 Å². The van der Waals surface area contributed by atoms with E-state index in [2.05, 4.69) is 5.32 Å². The summed E-state index contributed by atoms with van der Waals surface area (Å²) in [5, 5.41) is 11.1. The van der Waals surface area contributed by atoms with Crippen LogP contribution in [0.3, 0.4) is 0 Å². The van der Waals surface area contributed by atoms with Crippen molar-refractivity contribution in [2.75, 3.05) is 0 Å². The second-order valence-electron chi connectivity index (χ2n) is 2.09. The highest BCUT2D eigenvalue weighted by molar-refractivity contribution is 5.84. The summed E-state index contributed by atoms with van der Waals surface area (Å²) in [6.45, 7) is 0. The lowest BCUT2D eigenvalue weighted by atomic mass is 10.2. The first-order chi connectivity index (χ1) is 4.16. The number of rotatable bonds is 1. The minimum atomic E-state index is -1.57. The van der Waals surface area contributed by atoms with E-state index < -0.39 is 5.72 Å². The molecular weight excluding hydrogens is 122 g/mol. The van der Waals surface area contributed by atoms with Gasteiger partial charge in [-0.25, -0.2) is 0 Å². The monoisotopic (exact) mass is 129 g/mol. The van der Waals surface area contributed by atoms with Crippen LogP contribution in [0.25, 0.3) is 0 Å². The molecule has 0 aliphatic carbocycles. The molecule has 1 rings (SSSR count). The van der Waals surface area contributed by atoms with Crippen molar-refractivity contribution in [1.29, 1.82) is 0 Å². The van der Waals surface area contributed by atoms with Gasteiger partial charge in [-0.1, -0.05) is 0 Å². The Labute approximate surface area is 51.9 Å². The van der Waals surface area contributed by atoms with Crippen molar-refractivity contribution in [2.24, 2.45) is 0 Å². The Morgan fingerprint density at radius 1 is 1.78 bits per heavy atom. The molecule has 1 fully saturated rings. The summed E-state index contributed by atoms with van der Waals surface area (Å²) in [7, 11) is 0. The fourth-order valence-corrected chi connectivity index (χ4v) is 0.759. The van der Waals surface area contributed by atoms with Gasteiger partial charge in [0.25, 0.3) is 0 Å². The summed E-state index contributed by atoms with van der Waals surface area (Å²) in [6.07, 6.45) is 0.766. The molecule has 1 unspecified atom stereocenters. The highest BCUT2D eigenvalue weighted by atomic mass is 16.3. The Kier molecular flexibility index (Phi) is 1.25. The Balaban J connectivity index is 2.65. The molecule has 1 amide bonds. The third-order valence-corrected chi connectivity index (χ3v) is 1.28. The van der Waals surface area contributed by atoms with Crippen molar-refractivity contribution in [3.05, 3.63) is 0 Å². The van der Waals surface area contributed by atoms with Crippen LogP contribution in [0.5, 0.6) is 0 Å². The van der Waals surface area contributed by atoms with E-state index in [0.717, 1.165) is 0 Å². The van der Waals surface area contributed by atoms with Crippen molar-refractivity contribution >= 4 is 12.2 Å². The molecule has 9 heavy (non-hydrogen) atoms. The normalized spacial score (nSPS) is 34.1. The Morgan fingerprint density at radius 3 is 2.67 bits per heavy atom. The second kappa shape index (κ2) is 1.80. The van der Waals surface area contributed by atoms with Gasteiger partial charge < -0.3 is 10.4 Å². The molecule has 0 spiro atoms. The number of aldehydes is 1. The van der Waals surface area contributed by atoms with Gasteiger partial charge in [-0.3, -0.25) is 9.59 Å². The molecule has 50 valence electrons. The standard InChI is InChI=1S/C5H7NO3/c7-3-5(9)2-1-4(8)6-5/h3,9H,1-2H2,(H,6,8). The van der Waals surface area contributed by atoms with Gasteiger partial charge in [0.15, 0.2) is 12.0 Å². The Hall–Kier alpha value is -0.900. The van der Waals surface area contributed by atoms with Crippen LogP contribution in [0.4, 0.5) is 0 Å². The zero-order chi connectivity index (χ0) is 6.91. The lowest BCUT2D eigenvalue weighted by molar-refractivity contribution is -0.131. The number of amides is 1. The molecule has 0 radical (unpaired) electrons. The van der Waals surface area contributed by atoms with E-state index >= 15 is 0 Å². The summed E-state index contributed by atoms with van der Waals surface area (Å²) >= 11 is 0. The molecule has 1 saturated heterocycles. The van der Waals surface area contributed by atoms with E-state index in [1.807, 2.05) is 0 Å². The van der Waals surface area contributed by atoms with Crippen LogP contribution in [-0.2, 0) is 9.59 Å². The molecule has 0 saturated carbocycles. The summed E-state index contributed by atoms with van der Waals surface area (Å²) < 4.78 is 0. The molecule has 4 nitrogen and oxygen atoms in total. The van der Waals surface area contributed by atoms with Gasteiger partial charge in [-0.05, 0) is 0 Å². The molecule has 1 heterocycles. The maximum absolute atomic E-state index is 10.4. The van der Waals surface area contributed by atoms with Gasteiger partial charge in [0.2, 0.25) is 5.91 Å². The van der Waals surface area contributed by atoms with Crippen molar-refractivity contribution in [1.82, 2.24) is 5.32 Å². The number of carbonyl (C=O) groups is 2. The Morgan fingerprint density at radius 2 is 2.44 bits per heavy atom. The van der Waals surface area contributed by atoms with Gasteiger partial charge in [0.05, 0.1) is 0 Å². The van der Waals surface area contributed by atoms with Crippen LogP contribution in [-0.4, -0.2) is 23.0 Å². The summed E-state index contributed by atoms with van der Waals surface area (Å²) in [6, 6.07) is 0. The second-order valence-corrected chi connectivity index (χ2v) is 2.09. The Bertz CT molecular complexity index is 156. The van der Waals surface area contributed by atoms with Crippen LogP contribution in [0.2, 0.25) is 0 Å². The first kappa shape index (κ1) is 6.22. The molecule has 4 heteroatoms. The van der Waals surface area contributed by atoms with Crippen LogP contribution in [0, 0.1) is 0 Å². The van der Waals surface area contributed by atoms with Crippen LogP contribution >= 0.6 is 0 Å². The van der Waals surface area contributed by atoms with Gasteiger partial charge >= 0.3 is 0 Å². The van der Waals surface area contributed by atoms with E-state index in [1.165, 1.54) is 0 Å². The maximum atomic E-state index is 10.4. The smallest absolute Gasteiger partial charge is 0.222 e. The zero-order valence-corrected chi connectivity index (χ0v) is 4.76. The van der Waals surface area contributed by atoms with Gasteiger partial charge in [0.1, 0.15) is 0 Å². The van der Waals surface area contributed by atoms with Gasteiger partial charge in [0, 0.05) is 12.8 Å². The fraction of sp³-hybridized carbons (Fsp3) is 0.600. The third-order valence-electron chi connectivity index (χ3n) is 1.28. The quantitative estimate of drug-likeness (QED) is 0.436. The molecular formula is C5H7NO3. The first-order valence-electron chi connectivity index (χ1n) is 2.66. The summed E-state index contributed by atoms with van der Waals surface area (Å²) in [5.41, 5.74) is -1.57. The van der Waals surface area contributed by atoms with Crippen molar-refractivity contribution in [2.45, 2.75) is 18.6 Å². The average molecular weight is 129 g/mol. The molecule has 0 aromatic carbocycles. The SMILES string of the molecule is O=CC1(O)CCC(=O)N1. The van der Waals surface area contributed by atoms with Crippen LogP contribution in [0.15, 0.2) is 0 Å². The molecule has 2 N–H and O–H groups in total. The lowest BCUT2D eigenvalue weighted by Gasteiger charge is -2.11. The number of nitrogens with one attached hydrogen (secondary N) is 1. The maximum Gasteiger partial charge on any atom is 0.222 e. The topological polar surface area (TPSA) is 66.4 Å². The highest BCUT2D eigenvalue weighted by Gasteiger charge is 2.34. The third kappa shape index (κ3) is 1.08.